The number of fused-ring (bicyclic) bond motifs is 1. The third kappa shape index (κ3) is 3.73. The van der Waals surface area contributed by atoms with E-state index in [0.717, 1.165) is 17.7 Å². The molecule has 10 heteroatoms. The molecule has 0 aliphatic rings. The highest BCUT2D eigenvalue weighted by Crippen LogP contribution is 2.26. The number of aromatic nitrogens is 3. The Balaban J connectivity index is 1.74. The summed E-state index contributed by atoms with van der Waals surface area (Å²) in [5.74, 6) is -2.94. The number of nitrogens with one attached hydrogen (secondary N) is 1. The van der Waals surface area contributed by atoms with E-state index in [0.29, 0.717) is 17.3 Å². The number of amides is 1. The lowest BCUT2D eigenvalue weighted by Gasteiger charge is -2.10. The summed E-state index contributed by atoms with van der Waals surface area (Å²) in [5, 5.41) is 10.8. The summed E-state index contributed by atoms with van der Waals surface area (Å²) in [4.78, 5) is 12.2. The molecule has 0 fully saturated rings. The molecular formula is C16H12F4N4O2. The molecule has 136 valence electrons. The van der Waals surface area contributed by atoms with Crippen LogP contribution in [0, 0.1) is 12.7 Å². The van der Waals surface area contributed by atoms with Crippen molar-refractivity contribution in [1.82, 2.24) is 20.1 Å². The summed E-state index contributed by atoms with van der Waals surface area (Å²) in [6, 6.07) is 5.97. The zero-order chi connectivity index (χ0) is 18.9. The van der Waals surface area contributed by atoms with Crippen molar-refractivity contribution in [2.24, 2.45) is 0 Å². The molecule has 26 heavy (non-hydrogen) atoms. The lowest BCUT2D eigenvalue weighted by Crippen LogP contribution is -2.23. The van der Waals surface area contributed by atoms with Gasteiger partial charge in [0, 0.05) is 23.9 Å². The smallest absolute Gasteiger partial charge is 0.403 e. The molecule has 0 saturated heterocycles. The quantitative estimate of drug-likeness (QED) is 0.719. The average molecular weight is 368 g/mol. The fourth-order valence-corrected chi connectivity index (χ4v) is 2.39. The van der Waals surface area contributed by atoms with Crippen LogP contribution in [0.25, 0.3) is 5.52 Å². The third-order valence-corrected chi connectivity index (χ3v) is 3.57. The third-order valence-electron chi connectivity index (χ3n) is 3.57. The van der Waals surface area contributed by atoms with Gasteiger partial charge in [-0.3, -0.25) is 4.79 Å². The molecule has 0 radical (unpaired) electrons. The predicted octanol–water partition coefficient (Wildman–Crippen LogP) is 3.01. The van der Waals surface area contributed by atoms with Crippen LogP contribution in [-0.4, -0.2) is 27.1 Å². The van der Waals surface area contributed by atoms with Crippen molar-refractivity contribution in [2.45, 2.75) is 19.8 Å². The molecule has 0 spiro atoms. The number of carbonyl (C=O) groups excluding carboxylic acids is 1. The number of benzene rings is 1. The number of hydrogen-bond acceptors (Lipinski definition) is 4. The second kappa shape index (κ2) is 6.62. The van der Waals surface area contributed by atoms with Gasteiger partial charge in [-0.25, -0.2) is 4.39 Å². The van der Waals surface area contributed by atoms with E-state index in [1.807, 2.05) is 0 Å². The molecule has 2 aromatic heterocycles. The van der Waals surface area contributed by atoms with Crippen molar-refractivity contribution >= 4 is 11.4 Å². The Bertz CT molecular complexity index is 969. The molecule has 1 amide bonds. The van der Waals surface area contributed by atoms with Crippen LogP contribution in [0.1, 0.15) is 21.6 Å². The molecule has 3 rings (SSSR count). The van der Waals surface area contributed by atoms with Crippen molar-refractivity contribution in [1.29, 1.82) is 0 Å². The van der Waals surface area contributed by atoms with E-state index >= 15 is 0 Å². The highest BCUT2D eigenvalue weighted by Gasteiger charge is 2.32. The van der Waals surface area contributed by atoms with Crippen LogP contribution in [0.5, 0.6) is 5.75 Å². The Morgan fingerprint density at radius 3 is 2.77 bits per heavy atom. The van der Waals surface area contributed by atoms with E-state index in [2.05, 4.69) is 20.3 Å². The first-order valence-corrected chi connectivity index (χ1v) is 7.37. The average Bonchev–Trinajstić information content (AvgIpc) is 2.88. The van der Waals surface area contributed by atoms with Gasteiger partial charge in [-0.05, 0) is 37.3 Å². The molecule has 0 saturated carbocycles. The Labute approximate surface area is 144 Å². The summed E-state index contributed by atoms with van der Waals surface area (Å²) >= 11 is 0. The van der Waals surface area contributed by atoms with Gasteiger partial charge >= 0.3 is 6.36 Å². The minimum atomic E-state index is -5.01. The number of carbonyl (C=O) groups is 1. The molecule has 0 unspecified atom stereocenters. The molecule has 6 nitrogen and oxygen atoms in total. The maximum atomic E-state index is 13.7. The topological polar surface area (TPSA) is 68.5 Å². The molecule has 2 heterocycles. The van der Waals surface area contributed by atoms with Gasteiger partial charge in [0.05, 0.1) is 11.2 Å². The summed E-state index contributed by atoms with van der Waals surface area (Å²) in [5.41, 5.74) is 1.95. The molecular weight excluding hydrogens is 356 g/mol. The highest BCUT2D eigenvalue weighted by atomic mass is 19.4. The summed E-state index contributed by atoms with van der Waals surface area (Å²) in [6.07, 6.45) is -3.45. The number of aryl methyl sites for hydroxylation is 1. The maximum Gasteiger partial charge on any atom is 0.573 e. The van der Waals surface area contributed by atoms with Gasteiger partial charge in [0.25, 0.3) is 5.91 Å². The second-order valence-electron chi connectivity index (χ2n) is 5.34. The highest BCUT2D eigenvalue weighted by molar-refractivity contribution is 5.94. The zero-order valence-corrected chi connectivity index (χ0v) is 13.3. The molecule has 0 bridgehead atoms. The maximum absolute atomic E-state index is 13.7. The van der Waals surface area contributed by atoms with Crippen molar-refractivity contribution in [3.8, 4) is 5.75 Å². The molecule has 3 aromatic rings. The Hall–Kier alpha value is -3.17. The fourth-order valence-electron chi connectivity index (χ4n) is 2.39. The van der Waals surface area contributed by atoms with Crippen molar-refractivity contribution in [2.75, 3.05) is 0 Å². The van der Waals surface area contributed by atoms with Crippen molar-refractivity contribution in [3.63, 3.8) is 0 Å². The normalized spacial score (nSPS) is 11.6. The van der Waals surface area contributed by atoms with Gasteiger partial charge in [0.15, 0.2) is 11.6 Å². The van der Waals surface area contributed by atoms with E-state index < -0.39 is 23.8 Å². The molecule has 0 atom stereocenters. The molecule has 0 aliphatic carbocycles. The first-order chi connectivity index (χ1) is 12.2. The van der Waals surface area contributed by atoms with Gasteiger partial charge in [0.1, 0.15) is 0 Å². The number of halogens is 4. The Kier molecular flexibility index (Phi) is 4.49. The van der Waals surface area contributed by atoms with E-state index in [1.165, 1.54) is 4.63 Å². The van der Waals surface area contributed by atoms with E-state index in [1.54, 1.807) is 25.3 Å². The monoisotopic (exact) mass is 368 g/mol. The Morgan fingerprint density at radius 1 is 1.31 bits per heavy atom. The van der Waals surface area contributed by atoms with Crippen molar-refractivity contribution < 1.29 is 27.1 Å². The molecule has 1 N–H and O–H groups in total. The summed E-state index contributed by atoms with van der Waals surface area (Å²) in [6.45, 7) is 1.85. The Morgan fingerprint density at radius 2 is 2.08 bits per heavy atom. The second-order valence-corrected chi connectivity index (χ2v) is 5.34. The largest absolute Gasteiger partial charge is 0.573 e. The van der Waals surface area contributed by atoms with Crippen LogP contribution in [0.3, 0.4) is 0 Å². The van der Waals surface area contributed by atoms with Crippen LogP contribution in [0.15, 0.2) is 36.5 Å². The first kappa shape index (κ1) is 17.6. The van der Waals surface area contributed by atoms with Crippen molar-refractivity contribution in [3.05, 3.63) is 59.2 Å². The van der Waals surface area contributed by atoms with Crippen LogP contribution >= 0.6 is 0 Å². The SMILES string of the molecule is Cc1nn2ncccc2c1CNC(=O)c1ccc(OC(F)(F)F)c(F)c1. The fraction of sp³-hybridized carbons (Fsp3) is 0.188. The van der Waals surface area contributed by atoms with Gasteiger partial charge in [-0.1, -0.05) is 0 Å². The number of nitrogens with zero attached hydrogens (tertiary/aromatic N) is 3. The number of hydrogen-bond donors (Lipinski definition) is 1. The van der Waals surface area contributed by atoms with Gasteiger partial charge in [0.2, 0.25) is 0 Å². The first-order valence-electron chi connectivity index (χ1n) is 7.37. The summed E-state index contributed by atoms with van der Waals surface area (Å²) in [7, 11) is 0. The summed E-state index contributed by atoms with van der Waals surface area (Å²) < 4.78 is 55.1. The standard InChI is InChI=1S/C16H12F4N4O2/c1-9-11(13-3-2-6-22-24(13)23-9)8-21-15(25)10-4-5-14(12(17)7-10)26-16(18,19)20/h2-7H,8H2,1H3,(H,21,25). The molecule has 0 aliphatic heterocycles. The predicted molar refractivity (Wildman–Crippen MR) is 82.0 cm³/mol. The van der Waals surface area contributed by atoms with Gasteiger partial charge in [-0.15, -0.1) is 13.2 Å². The van der Waals surface area contributed by atoms with Crippen LogP contribution in [0.4, 0.5) is 17.6 Å². The lowest BCUT2D eigenvalue weighted by atomic mass is 10.1. The van der Waals surface area contributed by atoms with Gasteiger partial charge < -0.3 is 10.1 Å². The van der Waals surface area contributed by atoms with Crippen LogP contribution in [-0.2, 0) is 6.54 Å². The zero-order valence-electron chi connectivity index (χ0n) is 13.3. The lowest BCUT2D eigenvalue weighted by molar-refractivity contribution is -0.275. The number of ether oxygens (including phenoxy) is 1. The minimum Gasteiger partial charge on any atom is -0.403 e. The van der Waals surface area contributed by atoms with Crippen LogP contribution < -0.4 is 10.1 Å². The van der Waals surface area contributed by atoms with Crippen LogP contribution in [0.2, 0.25) is 0 Å². The van der Waals surface area contributed by atoms with E-state index in [-0.39, 0.29) is 12.1 Å². The number of rotatable bonds is 4. The van der Waals surface area contributed by atoms with E-state index in [9.17, 15) is 22.4 Å². The van der Waals surface area contributed by atoms with E-state index in [4.69, 9.17) is 0 Å². The number of alkyl halides is 3. The minimum absolute atomic E-state index is 0.0995. The molecule has 1 aromatic carbocycles. The van der Waals surface area contributed by atoms with Gasteiger partial charge in [-0.2, -0.15) is 14.8 Å².